The summed E-state index contributed by atoms with van der Waals surface area (Å²) in [5.74, 6) is -1.42. The molecule has 0 aliphatic carbocycles. The first-order valence-corrected chi connectivity index (χ1v) is 6.73. The molecule has 0 aromatic rings. The number of hydrogen-bond acceptors (Lipinski definition) is 5. The Morgan fingerprint density at radius 2 is 2.21 bits per heavy atom. The van der Waals surface area contributed by atoms with Crippen molar-refractivity contribution in [3.8, 4) is 0 Å². The van der Waals surface area contributed by atoms with Crippen LogP contribution in [-0.4, -0.2) is 37.1 Å². The summed E-state index contributed by atoms with van der Waals surface area (Å²) in [7, 11) is 0. The molecule has 0 amide bonds. The van der Waals surface area contributed by atoms with Gasteiger partial charge >= 0.3 is 0 Å². The molecule has 1 aliphatic rings. The molecule has 1 atom stereocenters. The third kappa shape index (κ3) is 5.12. The maximum Gasteiger partial charge on any atom is 0.228 e. The number of Topliss-reactive ketones (excluding diaryl/α,β-unsaturated/α-hetero) is 1. The van der Waals surface area contributed by atoms with Gasteiger partial charge in [-0.1, -0.05) is 19.8 Å². The van der Waals surface area contributed by atoms with Crippen LogP contribution in [0.15, 0.2) is 11.8 Å². The molecule has 5 nitrogen and oxygen atoms in total. The highest BCUT2D eigenvalue weighted by atomic mass is 16.7. The fraction of sp³-hybridized carbons (Fsp3) is 0.714. The van der Waals surface area contributed by atoms with Crippen LogP contribution in [0.5, 0.6) is 0 Å². The average molecular weight is 269 g/mol. The van der Waals surface area contributed by atoms with E-state index in [1.54, 1.807) is 20.0 Å². The monoisotopic (exact) mass is 269 g/mol. The maximum absolute atomic E-state index is 11.6. The Morgan fingerprint density at radius 1 is 1.47 bits per heavy atom. The van der Waals surface area contributed by atoms with Crippen LogP contribution in [0.3, 0.4) is 0 Å². The van der Waals surface area contributed by atoms with Gasteiger partial charge in [0.1, 0.15) is 0 Å². The summed E-state index contributed by atoms with van der Waals surface area (Å²) in [5.41, 5.74) is 0.660. The SMILES string of the molecule is CCCCCNC=C1COC(C)(C)OC1C(=O)C=O. The standard InChI is InChI=1S/C14H23NO4/c1-4-5-6-7-15-8-11-10-18-14(2,3)19-13(11)12(17)9-16/h8-9,13,15H,4-7,10H2,1-3H3. The van der Waals surface area contributed by atoms with E-state index < -0.39 is 17.7 Å². The highest BCUT2D eigenvalue weighted by molar-refractivity contribution is 6.28. The van der Waals surface area contributed by atoms with Crippen LogP contribution in [0.1, 0.15) is 40.0 Å². The molecular formula is C14H23NO4. The molecule has 0 aromatic carbocycles. The third-order valence-corrected chi connectivity index (χ3v) is 2.91. The Balaban J connectivity index is 2.60. The number of rotatable bonds is 7. The van der Waals surface area contributed by atoms with E-state index in [0.29, 0.717) is 11.9 Å². The van der Waals surface area contributed by atoms with Crippen molar-refractivity contribution >= 4 is 12.1 Å². The van der Waals surface area contributed by atoms with Crippen LogP contribution in [0.25, 0.3) is 0 Å². The number of carbonyl (C=O) groups is 2. The van der Waals surface area contributed by atoms with Gasteiger partial charge in [-0.15, -0.1) is 0 Å². The van der Waals surface area contributed by atoms with E-state index in [9.17, 15) is 9.59 Å². The molecule has 1 rings (SSSR count). The number of ether oxygens (including phenoxy) is 2. The Morgan fingerprint density at radius 3 is 2.84 bits per heavy atom. The van der Waals surface area contributed by atoms with Crippen molar-refractivity contribution in [2.24, 2.45) is 0 Å². The molecule has 0 bridgehead atoms. The molecule has 108 valence electrons. The van der Waals surface area contributed by atoms with Crippen molar-refractivity contribution in [2.45, 2.75) is 51.9 Å². The van der Waals surface area contributed by atoms with Crippen molar-refractivity contribution < 1.29 is 19.1 Å². The first-order chi connectivity index (χ1) is 9.00. The van der Waals surface area contributed by atoms with E-state index in [0.717, 1.165) is 25.8 Å². The summed E-state index contributed by atoms with van der Waals surface area (Å²) in [6, 6.07) is 0. The predicted molar refractivity (Wildman–Crippen MR) is 71.6 cm³/mol. The zero-order valence-electron chi connectivity index (χ0n) is 11.9. The van der Waals surface area contributed by atoms with Gasteiger partial charge in [0.15, 0.2) is 18.2 Å². The smallest absolute Gasteiger partial charge is 0.228 e. The topological polar surface area (TPSA) is 64.6 Å². The lowest BCUT2D eigenvalue weighted by atomic mass is 10.1. The summed E-state index contributed by atoms with van der Waals surface area (Å²) in [6.45, 7) is 6.72. The first kappa shape index (κ1) is 15.9. The van der Waals surface area contributed by atoms with Gasteiger partial charge in [-0.25, -0.2) is 0 Å². The second-order valence-corrected chi connectivity index (χ2v) is 5.09. The van der Waals surface area contributed by atoms with Crippen molar-refractivity contribution in [2.75, 3.05) is 13.2 Å². The molecular weight excluding hydrogens is 246 g/mol. The van der Waals surface area contributed by atoms with Crippen LogP contribution >= 0.6 is 0 Å². The van der Waals surface area contributed by atoms with Crippen LogP contribution in [0, 0.1) is 0 Å². The lowest BCUT2D eigenvalue weighted by molar-refractivity contribution is -0.247. The average Bonchev–Trinajstić information content (AvgIpc) is 2.38. The number of ketones is 1. The molecule has 1 saturated heterocycles. The largest absolute Gasteiger partial charge is 0.391 e. The second kappa shape index (κ2) is 7.40. The zero-order chi connectivity index (χ0) is 14.3. The highest BCUT2D eigenvalue weighted by Gasteiger charge is 2.36. The number of unbranched alkanes of at least 4 members (excludes halogenated alkanes) is 2. The summed E-state index contributed by atoms with van der Waals surface area (Å²) < 4.78 is 11.0. The van der Waals surface area contributed by atoms with E-state index >= 15 is 0 Å². The number of hydrogen-bond donors (Lipinski definition) is 1. The Hall–Kier alpha value is -1.20. The van der Waals surface area contributed by atoms with E-state index in [1.807, 2.05) is 0 Å². The van der Waals surface area contributed by atoms with Crippen molar-refractivity contribution in [3.05, 3.63) is 11.8 Å². The minimum Gasteiger partial charge on any atom is -0.391 e. The van der Waals surface area contributed by atoms with Gasteiger partial charge in [0.2, 0.25) is 5.78 Å². The van der Waals surface area contributed by atoms with Crippen LogP contribution in [-0.2, 0) is 19.1 Å². The van der Waals surface area contributed by atoms with Crippen LogP contribution < -0.4 is 5.32 Å². The summed E-state index contributed by atoms with van der Waals surface area (Å²) in [6.07, 6.45) is 4.59. The van der Waals surface area contributed by atoms with Gasteiger partial charge in [0.25, 0.3) is 0 Å². The van der Waals surface area contributed by atoms with Crippen LogP contribution in [0.2, 0.25) is 0 Å². The van der Waals surface area contributed by atoms with Crippen molar-refractivity contribution in [3.63, 3.8) is 0 Å². The fourth-order valence-electron chi connectivity index (χ4n) is 1.83. The molecule has 0 aromatic heterocycles. The minimum atomic E-state index is -0.844. The van der Waals surface area contributed by atoms with Gasteiger partial charge in [-0.05, 0) is 20.3 Å². The quantitative estimate of drug-likeness (QED) is 0.432. The van der Waals surface area contributed by atoms with Crippen molar-refractivity contribution in [1.29, 1.82) is 0 Å². The summed E-state index contributed by atoms with van der Waals surface area (Å²) in [4.78, 5) is 22.2. The normalized spacial score (nSPS) is 24.2. The predicted octanol–water partition coefficient (Wildman–Crippen LogP) is 1.57. The molecule has 1 aliphatic heterocycles. The van der Waals surface area contributed by atoms with Gasteiger partial charge in [0.05, 0.1) is 6.61 Å². The molecule has 1 heterocycles. The summed E-state index contributed by atoms with van der Waals surface area (Å²) >= 11 is 0. The molecule has 1 N–H and O–H groups in total. The van der Waals surface area contributed by atoms with E-state index in [-0.39, 0.29) is 6.61 Å². The first-order valence-electron chi connectivity index (χ1n) is 6.73. The second-order valence-electron chi connectivity index (χ2n) is 5.09. The zero-order valence-corrected chi connectivity index (χ0v) is 11.9. The fourth-order valence-corrected chi connectivity index (χ4v) is 1.83. The Labute approximate surface area is 114 Å². The maximum atomic E-state index is 11.6. The molecule has 0 radical (unpaired) electrons. The molecule has 0 saturated carbocycles. The number of nitrogens with one attached hydrogen (secondary N) is 1. The third-order valence-electron chi connectivity index (χ3n) is 2.91. The van der Waals surface area contributed by atoms with Crippen LogP contribution in [0.4, 0.5) is 0 Å². The lowest BCUT2D eigenvalue weighted by Gasteiger charge is -2.36. The lowest BCUT2D eigenvalue weighted by Crippen LogP contribution is -2.45. The Bertz CT molecular complexity index is 349. The van der Waals surface area contributed by atoms with E-state index in [1.165, 1.54) is 0 Å². The molecule has 5 heteroatoms. The molecule has 19 heavy (non-hydrogen) atoms. The van der Waals surface area contributed by atoms with Gasteiger partial charge in [0, 0.05) is 18.3 Å². The highest BCUT2D eigenvalue weighted by Crippen LogP contribution is 2.25. The Kier molecular flexibility index (Phi) is 6.18. The van der Waals surface area contributed by atoms with Gasteiger partial charge < -0.3 is 14.8 Å². The van der Waals surface area contributed by atoms with E-state index in [2.05, 4.69) is 12.2 Å². The van der Waals surface area contributed by atoms with Crippen molar-refractivity contribution in [1.82, 2.24) is 5.32 Å². The minimum absolute atomic E-state index is 0.290. The molecule has 1 fully saturated rings. The molecule has 0 spiro atoms. The van der Waals surface area contributed by atoms with Gasteiger partial charge in [-0.3, -0.25) is 9.59 Å². The van der Waals surface area contributed by atoms with E-state index in [4.69, 9.17) is 9.47 Å². The number of aldehydes is 1. The molecule has 1 unspecified atom stereocenters. The number of carbonyl (C=O) groups excluding carboxylic acids is 2. The summed E-state index contributed by atoms with van der Waals surface area (Å²) in [5, 5.41) is 3.14. The van der Waals surface area contributed by atoms with Gasteiger partial charge in [-0.2, -0.15) is 0 Å².